The summed E-state index contributed by atoms with van der Waals surface area (Å²) in [4.78, 5) is 25.2. The van der Waals surface area contributed by atoms with Gasteiger partial charge in [-0.15, -0.1) is 11.3 Å². The number of thiophene rings is 1. The molecule has 0 saturated heterocycles. The van der Waals surface area contributed by atoms with Crippen LogP contribution in [0.15, 0.2) is 24.3 Å². The third-order valence-corrected chi connectivity index (χ3v) is 5.10. The Labute approximate surface area is 168 Å². The molecule has 0 fully saturated rings. The summed E-state index contributed by atoms with van der Waals surface area (Å²) < 4.78 is 5.54. The number of nitrogens with two attached hydrogens (primary N) is 1. The maximum absolute atomic E-state index is 12.4. The Morgan fingerprint density at radius 3 is 2.67 bits per heavy atom. The van der Waals surface area contributed by atoms with E-state index in [1.807, 2.05) is 20.8 Å². The van der Waals surface area contributed by atoms with Gasteiger partial charge in [-0.2, -0.15) is 0 Å². The number of hydrogen-bond acceptors (Lipinski definition) is 5. The van der Waals surface area contributed by atoms with Gasteiger partial charge < -0.3 is 15.8 Å². The molecule has 1 aromatic heterocycles. The van der Waals surface area contributed by atoms with E-state index in [0.29, 0.717) is 34.9 Å². The van der Waals surface area contributed by atoms with Crippen LogP contribution in [0.2, 0.25) is 0 Å². The Morgan fingerprint density at radius 2 is 2.04 bits per heavy atom. The van der Waals surface area contributed by atoms with Crippen LogP contribution >= 0.6 is 23.6 Å². The lowest BCUT2D eigenvalue weighted by Crippen LogP contribution is -2.34. The Balaban J connectivity index is 2.10. The van der Waals surface area contributed by atoms with E-state index in [4.69, 9.17) is 22.7 Å². The van der Waals surface area contributed by atoms with Gasteiger partial charge in [0.05, 0.1) is 12.2 Å². The third kappa shape index (κ3) is 5.27. The highest BCUT2D eigenvalue weighted by Gasteiger charge is 2.20. The molecule has 144 valence electrons. The number of nitrogens with one attached hydrogen (secondary N) is 2. The van der Waals surface area contributed by atoms with Crippen molar-refractivity contribution >= 4 is 45.5 Å². The molecular formula is C19H23N3O3S2. The molecule has 0 bridgehead atoms. The van der Waals surface area contributed by atoms with E-state index in [1.165, 1.54) is 11.3 Å². The molecule has 0 saturated carbocycles. The quantitative estimate of drug-likeness (QED) is 0.612. The number of rotatable bonds is 7. The van der Waals surface area contributed by atoms with Crippen LogP contribution in [-0.4, -0.2) is 23.5 Å². The smallest absolute Gasteiger partial charge is 0.257 e. The number of amides is 2. The summed E-state index contributed by atoms with van der Waals surface area (Å²) in [6.45, 7) is 6.47. The minimum Gasteiger partial charge on any atom is -0.494 e. The summed E-state index contributed by atoms with van der Waals surface area (Å²) in [5.41, 5.74) is 7.26. The maximum Gasteiger partial charge on any atom is 0.257 e. The van der Waals surface area contributed by atoms with Gasteiger partial charge in [-0.3, -0.25) is 14.9 Å². The zero-order chi connectivity index (χ0) is 20.0. The zero-order valence-electron chi connectivity index (χ0n) is 15.5. The molecule has 0 aliphatic carbocycles. The molecular weight excluding hydrogens is 382 g/mol. The number of primary amides is 1. The predicted octanol–water partition coefficient (Wildman–Crippen LogP) is 3.63. The van der Waals surface area contributed by atoms with E-state index >= 15 is 0 Å². The van der Waals surface area contributed by atoms with Gasteiger partial charge >= 0.3 is 0 Å². The number of carbonyl (C=O) groups is 2. The fourth-order valence-corrected chi connectivity index (χ4v) is 4.02. The highest BCUT2D eigenvalue weighted by Crippen LogP contribution is 2.33. The summed E-state index contributed by atoms with van der Waals surface area (Å²) in [5, 5.41) is 6.19. The largest absolute Gasteiger partial charge is 0.494 e. The summed E-state index contributed by atoms with van der Waals surface area (Å²) in [6, 6.07) is 6.88. The SMILES string of the molecule is CCCOc1cccc(C(=O)NC(=S)Nc2sc(C)c(CC)c2C(N)=O)c1. The molecule has 4 N–H and O–H groups in total. The molecule has 0 atom stereocenters. The van der Waals surface area contributed by atoms with E-state index in [9.17, 15) is 9.59 Å². The second-order valence-corrected chi connectivity index (χ2v) is 7.48. The fraction of sp³-hybridized carbons (Fsp3) is 0.316. The summed E-state index contributed by atoms with van der Waals surface area (Å²) in [6.07, 6.45) is 1.57. The van der Waals surface area contributed by atoms with E-state index < -0.39 is 5.91 Å². The van der Waals surface area contributed by atoms with Crippen LogP contribution in [-0.2, 0) is 6.42 Å². The van der Waals surface area contributed by atoms with Crippen LogP contribution in [0.3, 0.4) is 0 Å². The molecule has 0 spiro atoms. The van der Waals surface area contributed by atoms with Crippen molar-refractivity contribution in [2.75, 3.05) is 11.9 Å². The van der Waals surface area contributed by atoms with Crippen molar-refractivity contribution in [3.63, 3.8) is 0 Å². The molecule has 6 nitrogen and oxygen atoms in total. The van der Waals surface area contributed by atoms with Crippen LogP contribution in [0.5, 0.6) is 5.75 Å². The van der Waals surface area contributed by atoms with Crippen molar-refractivity contribution in [1.29, 1.82) is 0 Å². The van der Waals surface area contributed by atoms with Gasteiger partial charge in [-0.1, -0.05) is 19.9 Å². The lowest BCUT2D eigenvalue weighted by atomic mass is 10.1. The van der Waals surface area contributed by atoms with E-state index in [-0.39, 0.29) is 11.0 Å². The number of benzene rings is 1. The molecule has 0 aliphatic heterocycles. The van der Waals surface area contributed by atoms with Crippen molar-refractivity contribution < 1.29 is 14.3 Å². The maximum atomic E-state index is 12.4. The van der Waals surface area contributed by atoms with Crippen molar-refractivity contribution in [1.82, 2.24) is 5.32 Å². The standard InChI is InChI=1S/C19H23N3O3S2/c1-4-9-25-13-8-6-7-12(10-13)17(24)21-19(26)22-18-15(16(20)23)14(5-2)11(3)27-18/h6-8,10H,4-5,9H2,1-3H3,(H2,20,23)(H2,21,22,24,26). The number of aryl methyl sites for hydroxylation is 1. The molecule has 2 amide bonds. The molecule has 2 rings (SSSR count). The molecule has 2 aromatic rings. The minimum absolute atomic E-state index is 0.103. The van der Waals surface area contributed by atoms with Crippen molar-refractivity contribution in [2.45, 2.75) is 33.6 Å². The topological polar surface area (TPSA) is 93.4 Å². The lowest BCUT2D eigenvalue weighted by Gasteiger charge is -2.11. The van der Waals surface area contributed by atoms with Gasteiger partial charge in [0, 0.05) is 10.4 Å². The monoisotopic (exact) mass is 405 g/mol. The number of carbonyl (C=O) groups excluding carboxylic acids is 2. The van der Waals surface area contributed by atoms with Gasteiger partial charge in [-0.05, 0) is 55.7 Å². The summed E-state index contributed by atoms with van der Waals surface area (Å²) in [5.74, 6) is -0.256. The molecule has 0 radical (unpaired) electrons. The highest BCUT2D eigenvalue weighted by molar-refractivity contribution is 7.80. The van der Waals surface area contributed by atoms with Crippen molar-refractivity contribution in [2.24, 2.45) is 5.73 Å². The third-order valence-electron chi connectivity index (χ3n) is 3.83. The van der Waals surface area contributed by atoms with Gasteiger partial charge in [0.1, 0.15) is 10.8 Å². The molecule has 27 heavy (non-hydrogen) atoms. The van der Waals surface area contributed by atoms with Crippen molar-refractivity contribution in [3.05, 3.63) is 45.8 Å². The van der Waals surface area contributed by atoms with Gasteiger partial charge in [0.15, 0.2) is 5.11 Å². The molecule has 0 aliphatic rings. The minimum atomic E-state index is -0.520. The first-order chi connectivity index (χ1) is 12.9. The van der Waals surface area contributed by atoms with E-state index in [0.717, 1.165) is 16.9 Å². The Hall–Kier alpha value is -2.45. The second kappa shape index (κ2) is 9.48. The first-order valence-corrected chi connectivity index (χ1v) is 9.87. The summed E-state index contributed by atoms with van der Waals surface area (Å²) >= 11 is 6.62. The molecule has 8 heteroatoms. The Bertz CT molecular complexity index is 862. The van der Waals surface area contributed by atoms with Crippen LogP contribution in [0.25, 0.3) is 0 Å². The van der Waals surface area contributed by atoms with Gasteiger partial charge in [-0.25, -0.2) is 0 Å². The van der Waals surface area contributed by atoms with E-state index in [2.05, 4.69) is 10.6 Å². The normalized spacial score (nSPS) is 10.3. The molecule has 1 aromatic carbocycles. The van der Waals surface area contributed by atoms with Crippen LogP contribution in [0.4, 0.5) is 5.00 Å². The van der Waals surface area contributed by atoms with Crippen LogP contribution in [0.1, 0.15) is 51.4 Å². The van der Waals surface area contributed by atoms with Crippen LogP contribution in [0, 0.1) is 6.92 Å². The van der Waals surface area contributed by atoms with E-state index in [1.54, 1.807) is 24.3 Å². The number of thiocarbonyl (C=S) groups is 1. The highest BCUT2D eigenvalue weighted by atomic mass is 32.1. The first kappa shape index (κ1) is 20.9. The Morgan fingerprint density at radius 1 is 1.30 bits per heavy atom. The van der Waals surface area contributed by atoms with Crippen LogP contribution < -0.4 is 21.1 Å². The van der Waals surface area contributed by atoms with Gasteiger partial charge in [0.2, 0.25) is 0 Å². The number of ether oxygens (including phenoxy) is 1. The average molecular weight is 406 g/mol. The zero-order valence-corrected chi connectivity index (χ0v) is 17.2. The lowest BCUT2D eigenvalue weighted by molar-refractivity contribution is 0.0975. The summed E-state index contributed by atoms with van der Waals surface area (Å²) in [7, 11) is 0. The fourth-order valence-electron chi connectivity index (χ4n) is 2.61. The number of anilines is 1. The predicted molar refractivity (Wildman–Crippen MR) is 113 cm³/mol. The van der Waals surface area contributed by atoms with Crippen molar-refractivity contribution in [3.8, 4) is 5.75 Å². The second-order valence-electron chi connectivity index (χ2n) is 5.84. The average Bonchev–Trinajstić information content (AvgIpc) is 2.95. The molecule has 1 heterocycles. The molecule has 0 unspecified atom stereocenters. The Kier molecular flexibility index (Phi) is 7.32. The first-order valence-electron chi connectivity index (χ1n) is 8.64. The van der Waals surface area contributed by atoms with Gasteiger partial charge in [0.25, 0.3) is 11.8 Å². The number of hydrogen-bond donors (Lipinski definition) is 3.